The zero-order valence-corrected chi connectivity index (χ0v) is 5.13. The van der Waals surface area contributed by atoms with Crippen molar-refractivity contribution in [2.75, 3.05) is 6.61 Å². The van der Waals surface area contributed by atoms with Gasteiger partial charge in [0.15, 0.2) is 0 Å². The number of hydrogen-bond donors (Lipinski definition) is 1. The summed E-state index contributed by atoms with van der Waals surface area (Å²) in [4.78, 5) is 0. The van der Waals surface area contributed by atoms with Crippen molar-refractivity contribution >= 4 is 7.85 Å². The maximum Gasteiger partial charge on any atom is 0.139 e. The highest BCUT2D eigenvalue weighted by atomic mass is 16.5. The Balaban J connectivity index is 2.22. The lowest BCUT2D eigenvalue weighted by Crippen LogP contribution is -2.13. The van der Waals surface area contributed by atoms with Gasteiger partial charge in [0, 0.05) is 6.00 Å². The Kier molecular flexibility index (Phi) is 1.92. The Labute approximate surface area is 50.3 Å². The molecule has 1 heterocycles. The molecule has 0 aromatic rings. The van der Waals surface area contributed by atoms with Crippen molar-refractivity contribution in [3.05, 3.63) is 0 Å². The van der Waals surface area contributed by atoms with Crippen molar-refractivity contribution in [1.29, 1.82) is 0 Å². The van der Waals surface area contributed by atoms with Gasteiger partial charge in [-0.1, -0.05) is 0 Å². The van der Waals surface area contributed by atoms with Gasteiger partial charge in [0.1, 0.15) is 7.85 Å². The van der Waals surface area contributed by atoms with Gasteiger partial charge in [-0.3, -0.25) is 0 Å². The number of aliphatic hydroxyl groups excluding tert-OH is 1. The molecule has 2 atom stereocenters. The van der Waals surface area contributed by atoms with E-state index in [1.165, 1.54) is 0 Å². The molecular weight excluding hydrogens is 103 g/mol. The highest BCUT2D eigenvalue weighted by Gasteiger charge is 2.19. The average molecular weight is 114 g/mol. The zero-order valence-electron chi connectivity index (χ0n) is 5.13. The monoisotopic (exact) mass is 114 g/mol. The second-order valence-corrected chi connectivity index (χ2v) is 2.33. The van der Waals surface area contributed by atoms with Gasteiger partial charge in [-0.15, -0.1) is 0 Å². The summed E-state index contributed by atoms with van der Waals surface area (Å²) in [5.41, 5.74) is 0. The Bertz CT molecular complexity index is 76.8. The van der Waals surface area contributed by atoms with Crippen LogP contribution in [0.4, 0.5) is 0 Å². The van der Waals surface area contributed by atoms with Gasteiger partial charge in [-0.25, -0.2) is 0 Å². The molecule has 2 nitrogen and oxygen atoms in total. The molecule has 0 radical (unpaired) electrons. The summed E-state index contributed by atoms with van der Waals surface area (Å²) in [7, 11) is 2.04. The number of aliphatic hydroxyl groups is 1. The molecule has 0 aliphatic carbocycles. The third kappa shape index (κ3) is 1.23. The van der Waals surface area contributed by atoms with Gasteiger partial charge in [-0.2, -0.15) is 0 Å². The smallest absolute Gasteiger partial charge is 0.139 e. The van der Waals surface area contributed by atoms with Crippen molar-refractivity contribution in [3.8, 4) is 0 Å². The summed E-state index contributed by atoms with van der Waals surface area (Å²) in [5, 5.41) is 8.56. The lowest BCUT2D eigenvalue weighted by molar-refractivity contribution is 0.0432. The predicted octanol–water partition coefficient (Wildman–Crippen LogP) is -0.883. The first kappa shape index (κ1) is 6.11. The normalized spacial score (nSPS) is 38.1. The molecule has 0 spiro atoms. The summed E-state index contributed by atoms with van der Waals surface area (Å²) in [5.74, 6) is 0. The highest BCUT2D eigenvalue weighted by Crippen LogP contribution is 2.15. The Morgan fingerprint density at radius 2 is 2.38 bits per heavy atom. The van der Waals surface area contributed by atoms with E-state index < -0.39 is 0 Å². The Morgan fingerprint density at radius 3 is 2.62 bits per heavy atom. The minimum absolute atomic E-state index is 0.130. The second kappa shape index (κ2) is 2.51. The van der Waals surface area contributed by atoms with Crippen molar-refractivity contribution in [1.82, 2.24) is 0 Å². The van der Waals surface area contributed by atoms with E-state index in [1.807, 2.05) is 7.85 Å². The molecule has 0 saturated carbocycles. The van der Waals surface area contributed by atoms with Crippen LogP contribution in [0.5, 0.6) is 0 Å². The van der Waals surface area contributed by atoms with Crippen molar-refractivity contribution in [2.24, 2.45) is 0 Å². The number of rotatable bonds is 1. The standard InChI is InChI=1S/C5H11BO2/c6-5-2-1-4(3-7)8-5/h4-5,7H,1-3,6H2. The summed E-state index contributed by atoms with van der Waals surface area (Å²) < 4.78 is 5.26. The molecule has 2 unspecified atom stereocenters. The van der Waals surface area contributed by atoms with Gasteiger partial charge >= 0.3 is 0 Å². The van der Waals surface area contributed by atoms with Gasteiger partial charge in [-0.05, 0) is 12.8 Å². The first-order valence-corrected chi connectivity index (χ1v) is 3.09. The van der Waals surface area contributed by atoms with Crippen molar-refractivity contribution < 1.29 is 9.84 Å². The lowest BCUT2D eigenvalue weighted by atomic mass is 9.97. The first-order valence-electron chi connectivity index (χ1n) is 3.09. The molecule has 1 saturated heterocycles. The van der Waals surface area contributed by atoms with E-state index in [0.29, 0.717) is 6.00 Å². The van der Waals surface area contributed by atoms with Crippen molar-refractivity contribution in [3.63, 3.8) is 0 Å². The summed E-state index contributed by atoms with van der Waals surface area (Å²) in [6, 6.07) is 0.368. The van der Waals surface area contributed by atoms with E-state index in [-0.39, 0.29) is 12.7 Å². The van der Waals surface area contributed by atoms with E-state index in [1.54, 1.807) is 0 Å². The Hall–Kier alpha value is -0.0151. The molecule has 1 aliphatic rings. The van der Waals surface area contributed by atoms with Crippen LogP contribution in [-0.2, 0) is 4.74 Å². The molecule has 1 N–H and O–H groups in total. The molecule has 0 amide bonds. The molecule has 46 valence electrons. The van der Waals surface area contributed by atoms with E-state index in [9.17, 15) is 0 Å². The number of ether oxygens (including phenoxy) is 1. The lowest BCUT2D eigenvalue weighted by Gasteiger charge is -2.05. The van der Waals surface area contributed by atoms with E-state index in [2.05, 4.69) is 0 Å². The summed E-state index contributed by atoms with van der Waals surface area (Å²) in [6.45, 7) is 0.185. The molecule has 1 fully saturated rings. The molecule has 1 aliphatic heterocycles. The SMILES string of the molecule is BC1CCC(CO)O1. The van der Waals surface area contributed by atoms with Crippen LogP contribution in [0, 0.1) is 0 Å². The maximum atomic E-state index is 8.56. The van der Waals surface area contributed by atoms with Gasteiger partial charge < -0.3 is 9.84 Å². The zero-order chi connectivity index (χ0) is 5.98. The van der Waals surface area contributed by atoms with Gasteiger partial charge in [0.05, 0.1) is 12.7 Å². The third-order valence-electron chi connectivity index (χ3n) is 1.52. The second-order valence-electron chi connectivity index (χ2n) is 2.33. The summed E-state index contributed by atoms with van der Waals surface area (Å²) in [6.07, 6.45) is 2.26. The van der Waals surface area contributed by atoms with Crippen LogP contribution in [0.2, 0.25) is 0 Å². The maximum absolute atomic E-state index is 8.56. The summed E-state index contributed by atoms with van der Waals surface area (Å²) >= 11 is 0. The van der Waals surface area contributed by atoms with Crippen LogP contribution in [0.1, 0.15) is 12.8 Å². The van der Waals surface area contributed by atoms with Crippen LogP contribution in [0.3, 0.4) is 0 Å². The fourth-order valence-corrected chi connectivity index (χ4v) is 1.02. The minimum atomic E-state index is 0.130. The molecular formula is C5H11BO2. The van der Waals surface area contributed by atoms with Crippen LogP contribution in [0.25, 0.3) is 0 Å². The minimum Gasteiger partial charge on any atom is -0.394 e. The fraction of sp³-hybridized carbons (Fsp3) is 1.00. The molecule has 1 rings (SSSR count). The molecule has 0 bridgehead atoms. The predicted molar refractivity (Wildman–Crippen MR) is 33.5 cm³/mol. The van der Waals surface area contributed by atoms with Gasteiger partial charge in [0.25, 0.3) is 0 Å². The highest BCUT2D eigenvalue weighted by molar-refractivity contribution is 6.11. The molecule has 8 heavy (non-hydrogen) atoms. The van der Waals surface area contributed by atoms with E-state index in [0.717, 1.165) is 12.8 Å². The quantitative estimate of drug-likeness (QED) is 0.448. The van der Waals surface area contributed by atoms with Crippen molar-refractivity contribution in [2.45, 2.75) is 24.9 Å². The molecule has 0 aromatic heterocycles. The van der Waals surface area contributed by atoms with Crippen LogP contribution >= 0.6 is 0 Å². The van der Waals surface area contributed by atoms with E-state index >= 15 is 0 Å². The fourth-order valence-electron chi connectivity index (χ4n) is 1.02. The van der Waals surface area contributed by atoms with Gasteiger partial charge in [0.2, 0.25) is 0 Å². The molecule has 3 heteroatoms. The first-order chi connectivity index (χ1) is 3.83. The third-order valence-corrected chi connectivity index (χ3v) is 1.52. The van der Waals surface area contributed by atoms with Crippen LogP contribution in [-0.4, -0.2) is 31.7 Å². The topological polar surface area (TPSA) is 29.5 Å². The van der Waals surface area contributed by atoms with Crippen LogP contribution < -0.4 is 0 Å². The average Bonchev–Trinajstić information content (AvgIpc) is 2.14. The van der Waals surface area contributed by atoms with E-state index in [4.69, 9.17) is 9.84 Å². The largest absolute Gasteiger partial charge is 0.394 e. The molecule has 0 aromatic carbocycles. The Morgan fingerprint density at radius 1 is 1.62 bits per heavy atom. The number of hydrogen-bond acceptors (Lipinski definition) is 2. The van der Waals surface area contributed by atoms with Crippen LogP contribution in [0.15, 0.2) is 0 Å².